The minimum Gasteiger partial charge on any atom is -0.493 e. The lowest BCUT2D eigenvalue weighted by Gasteiger charge is -2.28. The van der Waals surface area contributed by atoms with Gasteiger partial charge in [-0.3, -0.25) is 4.90 Å². The second-order valence-electron chi connectivity index (χ2n) is 7.29. The lowest BCUT2D eigenvalue weighted by Crippen LogP contribution is -2.40. The Morgan fingerprint density at radius 2 is 1.38 bits per heavy atom. The van der Waals surface area contributed by atoms with E-state index in [0.29, 0.717) is 11.5 Å². The molecule has 10 nitrogen and oxygen atoms in total. The van der Waals surface area contributed by atoms with E-state index in [9.17, 15) is 26.3 Å². The number of ether oxygens (including phenoxy) is 4. The van der Waals surface area contributed by atoms with E-state index in [1.165, 1.54) is 0 Å². The maximum absolute atomic E-state index is 10.6. The van der Waals surface area contributed by atoms with Crippen LogP contribution in [-0.2, 0) is 20.9 Å². The average Bonchev–Trinajstić information content (AvgIpc) is 2.82. The minimum atomic E-state index is -5.08. The summed E-state index contributed by atoms with van der Waals surface area (Å²) < 4.78 is 85.2. The van der Waals surface area contributed by atoms with E-state index in [1.54, 1.807) is 21.3 Å². The molecule has 16 heteroatoms. The number of alkyl halides is 6. The lowest BCUT2D eigenvalue weighted by atomic mass is 10.1. The summed E-state index contributed by atoms with van der Waals surface area (Å²) in [6, 6.07) is 3.96. The van der Waals surface area contributed by atoms with Gasteiger partial charge in [-0.25, -0.2) is 9.59 Å². The molecule has 0 amide bonds. The lowest BCUT2D eigenvalue weighted by molar-refractivity contribution is -0.193. The van der Waals surface area contributed by atoms with Crippen LogP contribution in [0.15, 0.2) is 12.1 Å². The number of aliphatic carboxylic acids is 2. The molecule has 0 atom stereocenters. The third-order valence-corrected chi connectivity index (χ3v) is 4.61. The summed E-state index contributed by atoms with van der Waals surface area (Å²) in [6.07, 6.45) is -10.2. The Morgan fingerprint density at radius 1 is 0.919 bits per heavy atom. The first-order valence-electron chi connectivity index (χ1n) is 10.4. The number of morpholine rings is 1. The molecule has 0 radical (unpaired) electrons. The molecule has 2 N–H and O–H groups in total. The van der Waals surface area contributed by atoms with Crippen molar-refractivity contribution in [2.45, 2.75) is 18.9 Å². The van der Waals surface area contributed by atoms with Crippen molar-refractivity contribution in [3.05, 3.63) is 17.7 Å². The predicted molar refractivity (Wildman–Crippen MR) is 117 cm³/mol. The second-order valence-corrected chi connectivity index (χ2v) is 7.29. The Bertz CT molecular complexity index is 822. The van der Waals surface area contributed by atoms with Crippen molar-refractivity contribution in [1.82, 2.24) is 9.80 Å². The molecule has 1 saturated heterocycles. The Balaban J connectivity index is 0.000000761. The molecule has 0 unspecified atom stereocenters. The standard InChI is InChI=1S/C17H28N2O4.2C2HF3O2/c1-18(7-8-19-9-11-23-12-10-19)13-14-5-6-15(20-2)17(22-4)16(14)21-3;2*3-2(4,5)1(6)7/h5-6H,7-13H2,1-4H3;2*(H,6,7). The van der Waals surface area contributed by atoms with Crippen molar-refractivity contribution < 1.29 is 65.1 Å². The molecule has 214 valence electrons. The van der Waals surface area contributed by atoms with E-state index >= 15 is 0 Å². The van der Waals surface area contributed by atoms with Gasteiger partial charge in [-0.15, -0.1) is 0 Å². The third-order valence-electron chi connectivity index (χ3n) is 4.61. The van der Waals surface area contributed by atoms with Gasteiger partial charge < -0.3 is 34.1 Å². The molecule has 37 heavy (non-hydrogen) atoms. The van der Waals surface area contributed by atoms with Crippen LogP contribution in [-0.4, -0.2) is 112 Å². The van der Waals surface area contributed by atoms with Crippen LogP contribution >= 0.6 is 0 Å². The first-order valence-corrected chi connectivity index (χ1v) is 10.4. The number of rotatable bonds is 8. The van der Waals surface area contributed by atoms with Crippen LogP contribution < -0.4 is 14.2 Å². The highest BCUT2D eigenvalue weighted by Crippen LogP contribution is 2.40. The number of halogens is 6. The molecule has 2 rings (SSSR count). The van der Waals surface area contributed by atoms with Gasteiger partial charge in [0.15, 0.2) is 11.5 Å². The number of methoxy groups -OCH3 is 3. The zero-order valence-electron chi connectivity index (χ0n) is 20.6. The summed E-state index contributed by atoms with van der Waals surface area (Å²) in [5, 5.41) is 14.2. The van der Waals surface area contributed by atoms with Gasteiger partial charge in [0.05, 0.1) is 34.5 Å². The quantitative estimate of drug-likeness (QED) is 0.466. The Labute approximate surface area is 209 Å². The fourth-order valence-electron chi connectivity index (χ4n) is 2.79. The number of likely N-dealkylation sites (N-methyl/N-ethyl adjacent to an activating group) is 1. The van der Waals surface area contributed by atoms with Crippen LogP contribution in [0.1, 0.15) is 5.56 Å². The van der Waals surface area contributed by atoms with E-state index in [0.717, 1.165) is 57.3 Å². The van der Waals surface area contributed by atoms with Crippen LogP contribution in [0.2, 0.25) is 0 Å². The van der Waals surface area contributed by atoms with Gasteiger partial charge in [0.1, 0.15) is 0 Å². The number of hydrogen-bond acceptors (Lipinski definition) is 8. The molecule has 0 spiro atoms. The summed E-state index contributed by atoms with van der Waals surface area (Å²) in [5.74, 6) is -3.44. The monoisotopic (exact) mass is 552 g/mol. The van der Waals surface area contributed by atoms with Gasteiger partial charge >= 0.3 is 24.3 Å². The number of hydrogen-bond donors (Lipinski definition) is 2. The van der Waals surface area contributed by atoms with Gasteiger partial charge in [-0.05, 0) is 13.1 Å². The molecule has 1 aromatic rings. The fourth-order valence-corrected chi connectivity index (χ4v) is 2.79. The Kier molecular flexibility index (Phi) is 14.7. The van der Waals surface area contributed by atoms with Gasteiger partial charge in [0.2, 0.25) is 5.75 Å². The van der Waals surface area contributed by atoms with Crippen LogP contribution in [0.4, 0.5) is 26.3 Å². The maximum Gasteiger partial charge on any atom is 0.490 e. The van der Waals surface area contributed by atoms with Gasteiger partial charge in [-0.2, -0.15) is 26.3 Å². The van der Waals surface area contributed by atoms with Crippen molar-refractivity contribution in [1.29, 1.82) is 0 Å². The summed E-state index contributed by atoms with van der Waals surface area (Å²) in [4.78, 5) is 22.5. The SMILES string of the molecule is COc1ccc(CN(C)CCN2CCOCC2)c(OC)c1OC.O=C(O)C(F)(F)F.O=C(O)C(F)(F)F. The number of carbonyl (C=O) groups is 2. The van der Waals surface area contributed by atoms with Crippen molar-refractivity contribution in [2.75, 3.05) is 67.8 Å². The molecule has 1 aliphatic rings. The average molecular weight is 552 g/mol. The first-order chi connectivity index (χ1) is 17.1. The highest BCUT2D eigenvalue weighted by molar-refractivity contribution is 5.73. The van der Waals surface area contributed by atoms with Crippen LogP contribution in [0.3, 0.4) is 0 Å². The molecule has 1 heterocycles. The number of carboxylic acids is 2. The smallest absolute Gasteiger partial charge is 0.490 e. The predicted octanol–water partition coefficient (Wildman–Crippen LogP) is 2.74. The van der Waals surface area contributed by atoms with E-state index in [2.05, 4.69) is 16.8 Å². The van der Waals surface area contributed by atoms with E-state index < -0.39 is 24.3 Å². The topological polar surface area (TPSA) is 118 Å². The third kappa shape index (κ3) is 13.2. The van der Waals surface area contributed by atoms with Gasteiger partial charge in [-0.1, -0.05) is 6.07 Å². The van der Waals surface area contributed by atoms with Crippen molar-refractivity contribution in [3.8, 4) is 17.2 Å². The van der Waals surface area contributed by atoms with Crippen LogP contribution in [0.5, 0.6) is 17.2 Å². The highest BCUT2D eigenvalue weighted by atomic mass is 19.4. The van der Waals surface area contributed by atoms with Crippen LogP contribution in [0.25, 0.3) is 0 Å². The molecule has 1 aliphatic heterocycles. The highest BCUT2D eigenvalue weighted by Gasteiger charge is 2.38. The molecule has 0 saturated carbocycles. The molecule has 0 aromatic heterocycles. The largest absolute Gasteiger partial charge is 0.493 e. The minimum absolute atomic E-state index is 0.647. The first kappa shape index (κ1) is 34.0. The zero-order chi connectivity index (χ0) is 28.8. The number of nitrogens with zero attached hydrogens (tertiary/aromatic N) is 2. The van der Waals surface area contributed by atoms with Crippen molar-refractivity contribution in [3.63, 3.8) is 0 Å². The van der Waals surface area contributed by atoms with E-state index in [1.807, 2.05) is 12.1 Å². The van der Waals surface area contributed by atoms with Gasteiger partial charge in [0, 0.05) is 38.3 Å². The number of benzene rings is 1. The van der Waals surface area contributed by atoms with Crippen molar-refractivity contribution in [2.24, 2.45) is 0 Å². The molecular formula is C21H30F6N2O8. The Hall–Kier alpha value is -2.98. The maximum atomic E-state index is 10.6. The molecule has 1 fully saturated rings. The summed E-state index contributed by atoms with van der Waals surface area (Å²) in [7, 11) is 7.04. The molecule has 0 bridgehead atoms. The fraction of sp³-hybridized carbons (Fsp3) is 0.619. The molecule has 1 aromatic carbocycles. The Morgan fingerprint density at radius 3 is 1.76 bits per heavy atom. The van der Waals surface area contributed by atoms with E-state index in [-0.39, 0.29) is 0 Å². The zero-order valence-corrected chi connectivity index (χ0v) is 20.6. The van der Waals surface area contributed by atoms with Crippen LogP contribution in [0, 0.1) is 0 Å². The molecule has 0 aliphatic carbocycles. The normalized spacial score (nSPS) is 14.0. The number of carboxylic acid groups (broad SMARTS) is 2. The van der Waals surface area contributed by atoms with Gasteiger partial charge in [0.25, 0.3) is 0 Å². The summed E-state index contributed by atoms with van der Waals surface area (Å²) in [5.41, 5.74) is 1.09. The molecular weight excluding hydrogens is 522 g/mol. The van der Waals surface area contributed by atoms with Crippen molar-refractivity contribution >= 4 is 11.9 Å². The van der Waals surface area contributed by atoms with E-state index in [4.69, 9.17) is 38.7 Å². The second kappa shape index (κ2) is 16.0. The summed E-state index contributed by atoms with van der Waals surface area (Å²) in [6.45, 7) is 6.57. The summed E-state index contributed by atoms with van der Waals surface area (Å²) >= 11 is 0.